The van der Waals surface area contributed by atoms with Crippen molar-refractivity contribution in [2.75, 3.05) is 26.9 Å². The topological polar surface area (TPSA) is 47.6 Å². The zero-order chi connectivity index (χ0) is 18.4. The second kappa shape index (κ2) is 8.52. The number of carbonyl (C=O) groups is 1. The quantitative estimate of drug-likeness (QED) is 0.771. The molecule has 0 radical (unpaired) electrons. The van der Waals surface area contributed by atoms with E-state index < -0.39 is 0 Å². The first-order chi connectivity index (χ1) is 11.1. The van der Waals surface area contributed by atoms with E-state index in [1.165, 1.54) is 5.56 Å². The molecule has 0 heterocycles. The van der Waals surface area contributed by atoms with Crippen LogP contribution < -0.4 is 10.1 Å². The molecule has 1 aromatic rings. The monoisotopic (exact) mass is 335 g/mol. The zero-order valence-electron chi connectivity index (χ0n) is 16.3. The van der Waals surface area contributed by atoms with Crippen LogP contribution in [0.4, 0.5) is 0 Å². The fourth-order valence-corrected chi connectivity index (χ4v) is 2.35. The van der Waals surface area contributed by atoms with E-state index in [4.69, 9.17) is 9.47 Å². The number of amides is 1. The lowest BCUT2D eigenvalue weighted by molar-refractivity contribution is -0.123. The van der Waals surface area contributed by atoms with Crippen LogP contribution >= 0.6 is 0 Å². The Kier molecular flexibility index (Phi) is 7.27. The summed E-state index contributed by atoms with van der Waals surface area (Å²) in [6.07, 6.45) is 0.801. The van der Waals surface area contributed by atoms with E-state index in [-0.39, 0.29) is 23.3 Å². The normalized spacial score (nSPS) is 12.1. The van der Waals surface area contributed by atoms with Gasteiger partial charge in [0.25, 0.3) is 5.91 Å². The Hall–Kier alpha value is -1.55. The Morgan fingerprint density at radius 3 is 2.29 bits per heavy atom. The molecular weight excluding hydrogens is 302 g/mol. The molecule has 1 amide bonds. The van der Waals surface area contributed by atoms with Crippen molar-refractivity contribution >= 4 is 5.91 Å². The van der Waals surface area contributed by atoms with E-state index >= 15 is 0 Å². The third-order valence-electron chi connectivity index (χ3n) is 3.86. The van der Waals surface area contributed by atoms with Gasteiger partial charge in [0.05, 0.1) is 0 Å². The predicted octanol–water partition coefficient (Wildman–Crippen LogP) is 3.81. The second-order valence-corrected chi connectivity index (χ2v) is 8.20. The Morgan fingerprint density at radius 2 is 1.75 bits per heavy atom. The highest BCUT2D eigenvalue weighted by Gasteiger charge is 2.23. The summed E-state index contributed by atoms with van der Waals surface area (Å²) in [7, 11) is 1.65. The molecule has 0 aliphatic heterocycles. The average molecular weight is 335 g/mol. The van der Waals surface area contributed by atoms with Crippen LogP contribution in [-0.4, -0.2) is 32.8 Å². The van der Waals surface area contributed by atoms with Crippen LogP contribution in [0.15, 0.2) is 18.2 Å². The summed E-state index contributed by atoms with van der Waals surface area (Å²) in [6.45, 7) is 14.3. The molecule has 0 unspecified atom stereocenters. The van der Waals surface area contributed by atoms with Gasteiger partial charge >= 0.3 is 0 Å². The van der Waals surface area contributed by atoms with Crippen molar-refractivity contribution in [3.8, 4) is 5.75 Å². The van der Waals surface area contributed by atoms with Gasteiger partial charge in [-0.1, -0.05) is 53.7 Å². The third kappa shape index (κ3) is 6.52. The van der Waals surface area contributed by atoms with E-state index in [0.29, 0.717) is 13.2 Å². The minimum absolute atomic E-state index is 0.0327. The van der Waals surface area contributed by atoms with Gasteiger partial charge in [-0.2, -0.15) is 0 Å². The number of hydrogen-bond donors (Lipinski definition) is 1. The summed E-state index contributed by atoms with van der Waals surface area (Å²) >= 11 is 0. The smallest absolute Gasteiger partial charge is 0.257 e. The molecule has 0 aromatic heterocycles. The summed E-state index contributed by atoms with van der Waals surface area (Å²) in [5, 5.41) is 2.84. The molecule has 0 aliphatic carbocycles. The molecule has 0 spiro atoms. The first-order valence-electron chi connectivity index (χ1n) is 8.59. The molecule has 1 aromatic carbocycles. The van der Waals surface area contributed by atoms with E-state index in [1.807, 2.05) is 6.07 Å². The number of ether oxygens (including phenoxy) is 2. The number of carbonyl (C=O) groups excluding carboxylic acids is 1. The van der Waals surface area contributed by atoms with Crippen molar-refractivity contribution in [1.29, 1.82) is 0 Å². The summed E-state index contributed by atoms with van der Waals surface area (Å²) < 4.78 is 10.8. The summed E-state index contributed by atoms with van der Waals surface area (Å²) in [5.41, 5.74) is 2.42. The maximum Gasteiger partial charge on any atom is 0.257 e. The SMILES string of the molecule is COCCCNC(=O)COc1ccc(C(C)(C)C)cc1C(C)(C)C. The lowest BCUT2D eigenvalue weighted by Crippen LogP contribution is -2.30. The summed E-state index contributed by atoms with van der Waals surface area (Å²) in [4.78, 5) is 11.9. The fraction of sp³-hybridized carbons (Fsp3) is 0.650. The van der Waals surface area contributed by atoms with Crippen molar-refractivity contribution in [3.05, 3.63) is 29.3 Å². The summed E-state index contributed by atoms with van der Waals surface area (Å²) in [6, 6.07) is 6.27. The predicted molar refractivity (Wildman–Crippen MR) is 98.8 cm³/mol. The number of benzene rings is 1. The van der Waals surface area contributed by atoms with Gasteiger partial charge in [-0.25, -0.2) is 0 Å². The molecule has 1 rings (SSSR count). The molecule has 4 heteroatoms. The highest BCUT2D eigenvalue weighted by atomic mass is 16.5. The van der Waals surface area contributed by atoms with Crippen molar-refractivity contribution in [2.45, 2.75) is 58.8 Å². The molecule has 0 bridgehead atoms. The van der Waals surface area contributed by atoms with Crippen LogP contribution in [0.3, 0.4) is 0 Å². The van der Waals surface area contributed by atoms with E-state index in [9.17, 15) is 4.79 Å². The van der Waals surface area contributed by atoms with Crippen LogP contribution in [0.2, 0.25) is 0 Å². The Morgan fingerprint density at radius 1 is 1.08 bits per heavy atom. The maximum atomic E-state index is 11.9. The van der Waals surface area contributed by atoms with Gasteiger partial charge in [0.15, 0.2) is 6.61 Å². The first-order valence-corrected chi connectivity index (χ1v) is 8.59. The Balaban J connectivity index is 2.79. The second-order valence-electron chi connectivity index (χ2n) is 8.20. The van der Waals surface area contributed by atoms with Gasteiger partial charge in [-0.3, -0.25) is 4.79 Å². The summed E-state index contributed by atoms with van der Waals surface area (Å²) in [5.74, 6) is 0.674. The van der Waals surface area contributed by atoms with Gasteiger partial charge in [0.1, 0.15) is 5.75 Å². The van der Waals surface area contributed by atoms with E-state index in [1.54, 1.807) is 7.11 Å². The highest BCUT2D eigenvalue weighted by molar-refractivity contribution is 5.77. The van der Waals surface area contributed by atoms with Crippen LogP contribution in [0, 0.1) is 0 Å². The van der Waals surface area contributed by atoms with E-state index in [2.05, 4.69) is 59.0 Å². The number of rotatable bonds is 7. The van der Waals surface area contributed by atoms with Crippen molar-refractivity contribution < 1.29 is 14.3 Å². The zero-order valence-corrected chi connectivity index (χ0v) is 16.3. The van der Waals surface area contributed by atoms with Gasteiger partial charge in [0.2, 0.25) is 0 Å². The molecule has 136 valence electrons. The van der Waals surface area contributed by atoms with Crippen molar-refractivity contribution in [2.24, 2.45) is 0 Å². The average Bonchev–Trinajstić information content (AvgIpc) is 2.47. The Bertz CT molecular complexity index is 539. The van der Waals surface area contributed by atoms with Crippen LogP contribution in [0.25, 0.3) is 0 Å². The van der Waals surface area contributed by atoms with E-state index in [0.717, 1.165) is 17.7 Å². The maximum absolute atomic E-state index is 11.9. The third-order valence-corrected chi connectivity index (χ3v) is 3.86. The lowest BCUT2D eigenvalue weighted by Gasteiger charge is -2.27. The number of nitrogens with one attached hydrogen (secondary N) is 1. The molecule has 0 atom stereocenters. The standard InChI is InChI=1S/C20H33NO3/c1-19(2,3)15-9-10-17(16(13-15)20(4,5)6)24-14-18(22)21-11-8-12-23-7/h9-10,13H,8,11-12,14H2,1-7H3,(H,21,22). The minimum atomic E-state index is -0.106. The molecule has 1 N–H and O–H groups in total. The molecule has 0 saturated heterocycles. The number of methoxy groups -OCH3 is 1. The lowest BCUT2D eigenvalue weighted by atomic mass is 9.80. The molecule has 0 fully saturated rings. The van der Waals surface area contributed by atoms with Gasteiger partial charge in [0, 0.05) is 20.3 Å². The van der Waals surface area contributed by atoms with Gasteiger partial charge < -0.3 is 14.8 Å². The Labute approximate surface area is 146 Å². The molecule has 0 saturated carbocycles. The minimum Gasteiger partial charge on any atom is -0.483 e. The molecule has 0 aliphatic rings. The molecule has 24 heavy (non-hydrogen) atoms. The number of hydrogen-bond acceptors (Lipinski definition) is 3. The van der Waals surface area contributed by atoms with Gasteiger partial charge in [-0.15, -0.1) is 0 Å². The molecule has 4 nitrogen and oxygen atoms in total. The van der Waals surface area contributed by atoms with Crippen molar-refractivity contribution in [3.63, 3.8) is 0 Å². The van der Waals surface area contributed by atoms with Gasteiger partial charge in [-0.05, 0) is 34.4 Å². The fourth-order valence-electron chi connectivity index (χ4n) is 2.35. The molecular formula is C20H33NO3. The first kappa shape index (κ1) is 20.5. The van der Waals surface area contributed by atoms with Crippen LogP contribution in [0.1, 0.15) is 59.1 Å². The highest BCUT2D eigenvalue weighted by Crippen LogP contribution is 2.35. The van der Waals surface area contributed by atoms with Crippen LogP contribution in [-0.2, 0) is 20.4 Å². The van der Waals surface area contributed by atoms with Crippen LogP contribution in [0.5, 0.6) is 5.75 Å². The van der Waals surface area contributed by atoms with Crippen molar-refractivity contribution in [1.82, 2.24) is 5.32 Å². The largest absolute Gasteiger partial charge is 0.483 e.